The van der Waals surface area contributed by atoms with Crippen LogP contribution in [0.2, 0.25) is 5.02 Å². The topological polar surface area (TPSA) is 85.3 Å². The first kappa shape index (κ1) is 23.6. The van der Waals surface area contributed by atoms with Crippen LogP contribution in [0.25, 0.3) is 5.76 Å². The molecule has 7 nitrogen and oxygen atoms in total. The van der Waals surface area contributed by atoms with Gasteiger partial charge in [-0.05, 0) is 49.7 Å². The second-order valence-corrected chi connectivity index (χ2v) is 7.95. The lowest BCUT2D eigenvalue weighted by atomic mass is 9.95. The lowest BCUT2D eigenvalue weighted by molar-refractivity contribution is -0.140. The minimum Gasteiger partial charge on any atom is -0.507 e. The van der Waals surface area contributed by atoms with Crippen LogP contribution in [0.3, 0.4) is 0 Å². The fourth-order valence-corrected chi connectivity index (χ4v) is 3.88. The van der Waals surface area contributed by atoms with E-state index in [4.69, 9.17) is 25.8 Å². The summed E-state index contributed by atoms with van der Waals surface area (Å²) in [4.78, 5) is 27.4. The Labute approximate surface area is 192 Å². The van der Waals surface area contributed by atoms with E-state index < -0.39 is 17.7 Å². The molecule has 1 saturated heterocycles. The molecule has 3 rings (SSSR count). The monoisotopic (exact) mass is 459 g/mol. The molecule has 1 aliphatic heterocycles. The Balaban J connectivity index is 2.12. The number of rotatable bonds is 8. The second kappa shape index (κ2) is 10.1. The highest BCUT2D eigenvalue weighted by Crippen LogP contribution is 2.40. The number of hydrogen-bond acceptors (Lipinski definition) is 6. The van der Waals surface area contributed by atoms with E-state index in [-0.39, 0.29) is 35.6 Å². The van der Waals surface area contributed by atoms with Gasteiger partial charge in [-0.3, -0.25) is 9.59 Å². The Morgan fingerprint density at radius 3 is 2.50 bits per heavy atom. The van der Waals surface area contributed by atoms with Crippen molar-refractivity contribution in [2.24, 2.45) is 0 Å². The van der Waals surface area contributed by atoms with Crippen LogP contribution in [-0.2, 0) is 14.3 Å². The highest BCUT2D eigenvalue weighted by molar-refractivity contribution is 6.46. The maximum atomic E-state index is 13.0. The number of halogens is 1. The van der Waals surface area contributed by atoms with Crippen LogP contribution in [0.4, 0.5) is 0 Å². The number of amides is 1. The van der Waals surface area contributed by atoms with Crippen molar-refractivity contribution in [2.45, 2.75) is 26.0 Å². The summed E-state index contributed by atoms with van der Waals surface area (Å²) in [5.74, 6) is -0.788. The van der Waals surface area contributed by atoms with Gasteiger partial charge in [-0.25, -0.2) is 0 Å². The predicted molar refractivity (Wildman–Crippen MR) is 121 cm³/mol. The third-order valence-corrected chi connectivity index (χ3v) is 5.45. The summed E-state index contributed by atoms with van der Waals surface area (Å²) in [6, 6.07) is 10.9. The molecule has 1 fully saturated rings. The zero-order valence-electron chi connectivity index (χ0n) is 18.4. The zero-order valence-corrected chi connectivity index (χ0v) is 19.2. The van der Waals surface area contributed by atoms with Gasteiger partial charge < -0.3 is 24.2 Å². The standard InChI is InChI=1S/C24H26ClNO6/c1-14(2)32-11-10-26-21(15-6-5-7-17(12-15)30-3)20(23(28)24(26)29)22(27)16-8-9-19(31-4)18(25)13-16/h5-9,12-14,21,27H,10-11H2,1-4H3/b22-20-. The van der Waals surface area contributed by atoms with Crippen molar-refractivity contribution in [3.63, 3.8) is 0 Å². The average molecular weight is 460 g/mol. The number of nitrogens with zero attached hydrogens (tertiary/aromatic N) is 1. The Morgan fingerprint density at radius 1 is 1.12 bits per heavy atom. The molecule has 1 heterocycles. The normalized spacial score (nSPS) is 17.8. The van der Waals surface area contributed by atoms with Crippen molar-refractivity contribution in [2.75, 3.05) is 27.4 Å². The smallest absolute Gasteiger partial charge is 0.295 e. The highest BCUT2D eigenvalue weighted by atomic mass is 35.5. The van der Waals surface area contributed by atoms with Crippen LogP contribution in [0.15, 0.2) is 48.0 Å². The molecular weight excluding hydrogens is 434 g/mol. The summed E-state index contributed by atoms with van der Waals surface area (Å²) in [5, 5.41) is 11.4. The summed E-state index contributed by atoms with van der Waals surface area (Å²) >= 11 is 6.21. The molecule has 170 valence electrons. The molecule has 1 atom stereocenters. The van der Waals surface area contributed by atoms with Gasteiger partial charge in [0.1, 0.15) is 17.3 Å². The van der Waals surface area contributed by atoms with Gasteiger partial charge >= 0.3 is 0 Å². The van der Waals surface area contributed by atoms with Crippen molar-refractivity contribution < 1.29 is 28.9 Å². The summed E-state index contributed by atoms with van der Waals surface area (Å²) < 4.78 is 16.1. The summed E-state index contributed by atoms with van der Waals surface area (Å²) in [5.41, 5.74) is 0.920. The number of benzene rings is 2. The van der Waals surface area contributed by atoms with Crippen molar-refractivity contribution in [1.82, 2.24) is 4.90 Å². The molecule has 8 heteroatoms. The quantitative estimate of drug-likeness (QED) is 0.361. The average Bonchev–Trinajstić information content (AvgIpc) is 3.03. The Hall–Kier alpha value is -3.03. The molecular formula is C24H26ClNO6. The van der Waals surface area contributed by atoms with Crippen LogP contribution in [0, 0.1) is 0 Å². The maximum Gasteiger partial charge on any atom is 0.295 e. The van der Waals surface area contributed by atoms with Crippen LogP contribution >= 0.6 is 11.6 Å². The van der Waals surface area contributed by atoms with E-state index in [1.54, 1.807) is 36.4 Å². The molecule has 2 aromatic carbocycles. The molecule has 1 unspecified atom stereocenters. The van der Waals surface area contributed by atoms with Crippen molar-refractivity contribution >= 4 is 29.1 Å². The minimum absolute atomic E-state index is 0.0194. The van der Waals surface area contributed by atoms with Gasteiger partial charge in [-0.2, -0.15) is 0 Å². The molecule has 0 saturated carbocycles. The summed E-state index contributed by atoms with van der Waals surface area (Å²) in [6.45, 7) is 4.21. The second-order valence-electron chi connectivity index (χ2n) is 7.54. The van der Waals surface area contributed by atoms with Crippen LogP contribution < -0.4 is 9.47 Å². The number of aliphatic hydroxyl groups is 1. The number of Topliss-reactive ketones (excluding diaryl/α,β-unsaturated/α-hetero) is 1. The maximum absolute atomic E-state index is 13.0. The Bertz CT molecular complexity index is 1050. The van der Waals surface area contributed by atoms with E-state index >= 15 is 0 Å². The molecule has 1 aliphatic rings. The van der Waals surface area contributed by atoms with E-state index in [1.165, 1.54) is 25.2 Å². The van der Waals surface area contributed by atoms with E-state index in [0.29, 0.717) is 22.6 Å². The molecule has 0 bridgehead atoms. The summed E-state index contributed by atoms with van der Waals surface area (Å²) in [6.07, 6.45) is -0.0245. The van der Waals surface area contributed by atoms with Gasteiger partial charge in [-0.15, -0.1) is 0 Å². The number of hydrogen-bond donors (Lipinski definition) is 1. The van der Waals surface area contributed by atoms with E-state index in [2.05, 4.69) is 0 Å². The SMILES string of the molecule is COc1cccc(C2/C(=C(/O)c3ccc(OC)c(Cl)c3)C(=O)C(=O)N2CCOC(C)C)c1. The first-order valence-corrected chi connectivity index (χ1v) is 10.5. The van der Waals surface area contributed by atoms with Crippen molar-refractivity contribution in [3.05, 3.63) is 64.2 Å². The number of likely N-dealkylation sites (tertiary alicyclic amines) is 1. The molecule has 2 aromatic rings. The predicted octanol–water partition coefficient (Wildman–Crippen LogP) is 4.20. The van der Waals surface area contributed by atoms with Crippen LogP contribution in [0.5, 0.6) is 11.5 Å². The lowest BCUT2D eigenvalue weighted by Gasteiger charge is -2.26. The van der Waals surface area contributed by atoms with Crippen molar-refractivity contribution in [3.8, 4) is 11.5 Å². The van der Waals surface area contributed by atoms with Crippen LogP contribution in [-0.4, -0.2) is 55.2 Å². The third kappa shape index (κ3) is 4.74. The zero-order chi connectivity index (χ0) is 23.4. The largest absolute Gasteiger partial charge is 0.507 e. The van der Waals surface area contributed by atoms with Crippen LogP contribution in [0.1, 0.15) is 31.0 Å². The lowest BCUT2D eigenvalue weighted by Crippen LogP contribution is -2.33. The summed E-state index contributed by atoms with van der Waals surface area (Å²) in [7, 11) is 3.01. The minimum atomic E-state index is -0.804. The van der Waals surface area contributed by atoms with Gasteiger partial charge in [0.15, 0.2) is 0 Å². The fourth-order valence-electron chi connectivity index (χ4n) is 3.62. The van der Waals surface area contributed by atoms with Gasteiger partial charge in [0.2, 0.25) is 0 Å². The molecule has 0 aromatic heterocycles. The molecule has 0 radical (unpaired) electrons. The first-order valence-electron chi connectivity index (χ1n) is 10.2. The number of ketones is 1. The van der Waals surface area contributed by atoms with E-state index in [0.717, 1.165) is 0 Å². The number of aliphatic hydroxyl groups excluding tert-OH is 1. The molecule has 0 aliphatic carbocycles. The fraction of sp³-hybridized carbons (Fsp3) is 0.333. The van der Waals surface area contributed by atoms with Gasteiger partial charge in [0, 0.05) is 12.1 Å². The number of methoxy groups -OCH3 is 2. The van der Waals surface area contributed by atoms with E-state index in [9.17, 15) is 14.7 Å². The van der Waals surface area contributed by atoms with E-state index in [1.807, 2.05) is 13.8 Å². The van der Waals surface area contributed by atoms with Gasteiger partial charge in [0.25, 0.3) is 11.7 Å². The van der Waals surface area contributed by atoms with Gasteiger partial charge in [-0.1, -0.05) is 23.7 Å². The molecule has 0 spiro atoms. The Morgan fingerprint density at radius 2 is 1.88 bits per heavy atom. The molecule has 1 N–H and O–H groups in total. The number of carbonyl (C=O) groups is 2. The van der Waals surface area contributed by atoms with Crippen molar-refractivity contribution in [1.29, 1.82) is 0 Å². The Kier molecular flexibility index (Phi) is 7.43. The third-order valence-electron chi connectivity index (χ3n) is 5.16. The highest BCUT2D eigenvalue weighted by Gasteiger charge is 2.46. The first-order chi connectivity index (χ1) is 15.3. The number of ether oxygens (including phenoxy) is 3. The number of carbonyl (C=O) groups excluding carboxylic acids is 2. The molecule has 1 amide bonds. The van der Waals surface area contributed by atoms with Gasteiger partial charge in [0.05, 0.1) is 43.6 Å². The molecule has 32 heavy (non-hydrogen) atoms.